The van der Waals surface area contributed by atoms with E-state index >= 15 is 0 Å². The van der Waals surface area contributed by atoms with Gasteiger partial charge in [0.1, 0.15) is 0 Å². The molecular weight excluding hydrogens is 256 g/mol. The molecule has 2 aliphatic rings. The quantitative estimate of drug-likeness (QED) is 0.832. The van der Waals surface area contributed by atoms with Crippen molar-refractivity contribution in [2.75, 3.05) is 26.2 Å². The van der Waals surface area contributed by atoms with E-state index in [0.717, 1.165) is 31.5 Å². The van der Waals surface area contributed by atoms with Gasteiger partial charge in [-0.1, -0.05) is 6.08 Å². The maximum Gasteiger partial charge on any atom is 0.306 e. The normalized spacial score (nSPS) is 20.8. The van der Waals surface area contributed by atoms with Crippen LogP contribution in [-0.4, -0.2) is 53.0 Å². The lowest BCUT2D eigenvalue weighted by molar-refractivity contribution is -0.143. The highest BCUT2D eigenvalue weighted by Gasteiger charge is 2.27. The highest BCUT2D eigenvalue weighted by molar-refractivity contribution is 5.80. The van der Waals surface area contributed by atoms with Crippen LogP contribution in [-0.2, 0) is 9.59 Å². The van der Waals surface area contributed by atoms with E-state index in [4.69, 9.17) is 5.11 Å². The minimum absolute atomic E-state index is 0.148. The molecule has 0 aromatic carbocycles. The number of carbonyl (C=O) groups excluding carboxylic acids is 1. The van der Waals surface area contributed by atoms with Crippen molar-refractivity contribution in [1.29, 1.82) is 0 Å². The van der Waals surface area contributed by atoms with Gasteiger partial charge in [-0.3, -0.25) is 14.5 Å². The second-order valence-electron chi connectivity index (χ2n) is 5.61. The van der Waals surface area contributed by atoms with Crippen molar-refractivity contribution in [2.45, 2.75) is 39.0 Å². The second-order valence-corrected chi connectivity index (χ2v) is 5.61. The summed E-state index contributed by atoms with van der Waals surface area (Å²) in [5.74, 6) is -0.794. The van der Waals surface area contributed by atoms with Crippen LogP contribution in [0, 0.1) is 5.92 Å². The number of carbonyl (C=O) groups is 2. The van der Waals surface area contributed by atoms with Crippen molar-refractivity contribution < 1.29 is 14.7 Å². The summed E-state index contributed by atoms with van der Waals surface area (Å²) in [7, 11) is 0. The fraction of sp³-hybridized carbons (Fsp3) is 0.733. The molecule has 1 heterocycles. The predicted molar refractivity (Wildman–Crippen MR) is 76.1 cm³/mol. The molecule has 0 bridgehead atoms. The second kappa shape index (κ2) is 6.88. The summed E-state index contributed by atoms with van der Waals surface area (Å²) in [6.45, 7) is 4.56. The molecular formula is C15H24N2O3. The standard InChI is InChI=1S/C15H24N2O3/c1-2-17(13-5-3-4-6-13)14(18)11-16-9-7-12(8-10-16)15(19)20/h5,12H,2-4,6-11H2,1H3,(H,19,20). The molecule has 112 valence electrons. The third kappa shape index (κ3) is 3.60. The number of likely N-dealkylation sites (tertiary alicyclic amines) is 1. The summed E-state index contributed by atoms with van der Waals surface area (Å²) in [6, 6.07) is 0. The summed E-state index contributed by atoms with van der Waals surface area (Å²) in [4.78, 5) is 27.3. The van der Waals surface area contributed by atoms with E-state index in [2.05, 4.69) is 11.0 Å². The zero-order valence-electron chi connectivity index (χ0n) is 12.2. The first-order chi connectivity index (χ1) is 9.61. The Morgan fingerprint density at radius 1 is 1.40 bits per heavy atom. The minimum atomic E-state index is -0.706. The molecule has 0 aromatic rings. The molecule has 1 N–H and O–H groups in total. The van der Waals surface area contributed by atoms with Gasteiger partial charge in [0.25, 0.3) is 0 Å². The van der Waals surface area contributed by atoms with Gasteiger partial charge in [0.05, 0.1) is 12.5 Å². The first-order valence-electron chi connectivity index (χ1n) is 7.56. The number of aliphatic carboxylic acids is 1. The smallest absolute Gasteiger partial charge is 0.306 e. The van der Waals surface area contributed by atoms with Crippen molar-refractivity contribution >= 4 is 11.9 Å². The van der Waals surface area contributed by atoms with E-state index in [1.165, 1.54) is 0 Å². The number of rotatable bonds is 5. The highest BCUT2D eigenvalue weighted by atomic mass is 16.4. The Bertz CT molecular complexity index is 398. The number of carboxylic acids is 1. The van der Waals surface area contributed by atoms with Gasteiger partial charge in [-0.2, -0.15) is 0 Å². The molecule has 5 heteroatoms. The topological polar surface area (TPSA) is 60.9 Å². The Kier molecular flexibility index (Phi) is 5.17. The molecule has 0 atom stereocenters. The molecule has 1 aliphatic heterocycles. The Morgan fingerprint density at radius 2 is 2.10 bits per heavy atom. The lowest BCUT2D eigenvalue weighted by Crippen LogP contribution is -2.43. The zero-order valence-corrected chi connectivity index (χ0v) is 12.2. The van der Waals surface area contributed by atoms with Gasteiger partial charge in [-0.15, -0.1) is 0 Å². The maximum absolute atomic E-state index is 12.4. The molecule has 0 unspecified atom stereocenters. The lowest BCUT2D eigenvalue weighted by atomic mass is 9.97. The van der Waals surface area contributed by atoms with E-state index in [1.54, 1.807) is 0 Å². The van der Waals surface area contributed by atoms with Crippen LogP contribution >= 0.6 is 0 Å². The van der Waals surface area contributed by atoms with Crippen molar-refractivity contribution in [1.82, 2.24) is 9.80 Å². The monoisotopic (exact) mass is 280 g/mol. The number of likely N-dealkylation sites (N-methyl/N-ethyl adjacent to an activating group) is 1. The number of allylic oxidation sites excluding steroid dienone is 2. The molecule has 0 radical (unpaired) electrons. The number of nitrogens with zero attached hydrogens (tertiary/aromatic N) is 2. The highest BCUT2D eigenvalue weighted by Crippen LogP contribution is 2.22. The summed E-state index contributed by atoms with van der Waals surface area (Å²) in [5.41, 5.74) is 1.16. The average molecular weight is 280 g/mol. The largest absolute Gasteiger partial charge is 0.481 e. The molecule has 1 amide bonds. The molecule has 0 saturated carbocycles. The predicted octanol–water partition coefficient (Wildman–Crippen LogP) is 1.70. The van der Waals surface area contributed by atoms with Gasteiger partial charge in [0, 0.05) is 12.2 Å². The first-order valence-corrected chi connectivity index (χ1v) is 7.56. The van der Waals surface area contributed by atoms with Gasteiger partial charge in [-0.25, -0.2) is 0 Å². The van der Waals surface area contributed by atoms with Crippen LogP contribution in [0.2, 0.25) is 0 Å². The van der Waals surface area contributed by atoms with Crippen molar-refractivity contribution in [2.24, 2.45) is 5.92 Å². The number of hydrogen-bond donors (Lipinski definition) is 1. The van der Waals surface area contributed by atoms with Crippen LogP contribution in [0.1, 0.15) is 39.0 Å². The lowest BCUT2D eigenvalue weighted by Gasteiger charge is -2.31. The summed E-state index contributed by atoms with van der Waals surface area (Å²) in [5, 5.41) is 8.98. The van der Waals surface area contributed by atoms with Crippen molar-refractivity contribution in [3.05, 3.63) is 11.8 Å². The maximum atomic E-state index is 12.4. The van der Waals surface area contributed by atoms with Crippen LogP contribution in [0.3, 0.4) is 0 Å². The van der Waals surface area contributed by atoms with E-state index < -0.39 is 5.97 Å². The van der Waals surface area contributed by atoms with Crippen LogP contribution in [0.15, 0.2) is 11.8 Å². The minimum Gasteiger partial charge on any atom is -0.481 e. The molecule has 1 aliphatic carbocycles. The Morgan fingerprint density at radius 3 is 2.60 bits per heavy atom. The van der Waals surface area contributed by atoms with Crippen LogP contribution in [0.4, 0.5) is 0 Å². The fourth-order valence-corrected chi connectivity index (χ4v) is 3.05. The van der Waals surface area contributed by atoms with Crippen LogP contribution in [0.25, 0.3) is 0 Å². The average Bonchev–Trinajstić information content (AvgIpc) is 2.94. The molecule has 20 heavy (non-hydrogen) atoms. The Labute approximate surface area is 120 Å². The third-order valence-corrected chi connectivity index (χ3v) is 4.28. The SMILES string of the molecule is CCN(C(=O)CN1CCC(C(=O)O)CC1)C1=CCCC1. The molecule has 0 aromatic heterocycles. The van der Waals surface area contributed by atoms with Crippen molar-refractivity contribution in [3.8, 4) is 0 Å². The van der Waals surface area contributed by atoms with E-state index in [-0.39, 0.29) is 11.8 Å². The number of hydrogen-bond acceptors (Lipinski definition) is 3. The molecule has 1 fully saturated rings. The van der Waals surface area contributed by atoms with Crippen molar-refractivity contribution in [3.63, 3.8) is 0 Å². The van der Waals surface area contributed by atoms with Crippen LogP contribution in [0.5, 0.6) is 0 Å². The Balaban J connectivity index is 1.83. The fourth-order valence-electron chi connectivity index (χ4n) is 3.05. The van der Waals surface area contributed by atoms with E-state index in [0.29, 0.717) is 32.5 Å². The summed E-state index contributed by atoms with van der Waals surface area (Å²) < 4.78 is 0. The summed E-state index contributed by atoms with van der Waals surface area (Å²) >= 11 is 0. The number of carboxylic acid groups (broad SMARTS) is 1. The zero-order chi connectivity index (χ0) is 14.5. The van der Waals surface area contributed by atoms with Gasteiger partial charge < -0.3 is 10.0 Å². The molecule has 2 rings (SSSR count). The van der Waals surface area contributed by atoms with E-state index in [9.17, 15) is 9.59 Å². The first kappa shape index (κ1) is 15.0. The molecule has 1 saturated heterocycles. The number of piperidine rings is 1. The van der Waals surface area contributed by atoms with Crippen LogP contribution < -0.4 is 0 Å². The van der Waals surface area contributed by atoms with Gasteiger partial charge in [0.2, 0.25) is 5.91 Å². The molecule has 5 nitrogen and oxygen atoms in total. The third-order valence-electron chi connectivity index (χ3n) is 4.28. The molecule has 0 spiro atoms. The van der Waals surface area contributed by atoms with Gasteiger partial charge >= 0.3 is 5.97 Å². The van der Waals surface area contributed by atoms with Gasteiger partial charge in [0.15, 0.2) is 0 Å². The number of amides is 1. The van der Waals surface area contributed by atoms with Gasteiger partial charge in [-0.05, 0) is 52.1 Å². The Hall–Kier alpha value is -1.36. The van der Waals surface area contributed by atoms with E-state index in [1.807, 2.05) is 11.8 Å². The summed E-state index contributed by atoms with van der Waals surface area (Å²) in [6.07, 6.45) is 6.68.